The normalized spacial score (nSPS) is 11.4. The molecule has 0 saturated carbocycles. The van der Waals surface area contributed by atoms with E-state index in [1.54, 1.807) is 0 Å². The highest BCUT2D eigenvalue weighted by Crippen LogP contribution is 2.19. The lowest BCUT2D eigenvalue weighted by atomic mass is 9.85. The third-order valence-corrected chi connectivity index (χ3v) is 3.85. The van der Waals surface area contributed by atoms with Gasteiger partial charge in [0.15, 0.2) is 0 Å². The standard InChI is InChI=1S/C17H27NO/c1-11(2)16(12(3)4)10-18-17(19)15-9-13(5)7-8-14(15)6/h7-9,11-12,16H,10H2,1-6H3,(H,18,19). The molecule has 19 heavy (non-hydrogen) atoms. The van der Waals surface area contributed by atoms with Crippen molar-refractivity contribution >= 4 is 5.91 Å². The number of rotatable bonds is 5. The average Bonchev–Trinajstić information content (AvgIpc) is 2.31. The van der Waals surface area contributed by atoms with Gasteiger partial charge in [-0.25, -0.2) is 0 Å². The Morgan fingerprint density at radius 3 is 2.21 bits per heavy atom. The molecule has 1 N–H and O–H groups in total. The van der Waals surface area contributed by atoms with Crippen molar-refractivity contribution in [1.82, 2.24) is 5.32 Å². The first kappa shape index (κ1) is 15.7. The molecule has 0 aliphatic rings. The Morgan fingerprint density at radius 1 is 1.11 bits per heavy atom. The highest BCUT2D eigenvalue weighted by atomic mass is 16.1. The summed E-state index contributed by atoms with van der Waals surface area (Å²) in [6.45, 7) is 13.6. The van der Waals surface area contributed by atoms with Crippen molar-refractivity contribution < 1.29 is 4.79 Å². The van der Waals surface area contributed by atoms with Crippen LogP contribution in [0.25, 0.3) is 0 Å². The number of aryl methyl sites for hydroxylation is 2. The van der Waals surface area contributed by atoms with Crippen molar-refractivity contribution in [1.29, 1.82) is 0 Å². The molecule has 1 aromatic rings. The lowest BCUT2D eigenvalue weighted by Crippen LogP contribution is -2.34. The second-order valence-corrected chi connectivity index (χ2v) is 6.18. The van der Waals surface area contributed by atoms with Gasteiger partial charge in [-0.05, 0) is 43.2 Å². The Balaban J connectivity index is 2.72. The van der Waals surface area contributed by atoms with Crippen molar-refractivity contribution in [3.8, 4) is 0 Å². The topological polar surface area (TPSA) is 29.1 Å². The van der Waals surface area contributed by atoms with Crippen LogP contribution in [0.3, 0.4) is 0 Å². The SMILES string of the molecule is Cc1ccc(C)c(C(=O)NCC(C(C)C)C(C)C)c1. The predicted octanol–water partition coefficient (Wildman–Crippen LogP) is 3.96. The Hall–Kier alpha value is -1.31. The summed E-state index contributed by atoms with van der Waals surface area (Å²) < 4.78 is 0. The summed E-state index contributed by atoms with van der Waals surface area (Å²) in [5, 5.41) is 3.09. The molecule has 0 aliphatic heterocycles. The molecule has 0 bridgehead atoms. The molecule has 1 aromatic carbocycles. The van der Waals surface area contributed by atoms with Gasteiger partial charge in [-0.3, -0.25) is 4.79 Å². The summed E-state index contributed by atoms with van der Waals surface area (Å²) >= 11 is 0. The van der Waals surface area contributed by atoms with E-state index in [9.17, 15) is 4.79 Å². The summed E-state index contributed by atoms with van der Waals surface area (Å²) in [4.78, 5) is 12.3. The van der Waals surface area contributed by atoms with Crippen molar-refractivity contribution in [3.05, 3.63) is 34.9 Å². The monoisotopic (exact) mass is 261 g/mol. The Morgan fingerprint density at radius 2 is 1.68 bits per heavy atom. The molecule has 0 aromatic heterocycles. The molecule has 0 radical (unpaired) electrons. The maximum atomic E-state index is 12.3. The Bertz CT molecular complexity index is 427. The number of benzene rings is 1. The highest BCUT2D eigenvalue weighted by Gasteiger charge is 2.19. The van der Waals surface area contributed by atoms with Crippen LogP contribution in [0.1, 0.15) is 49.2 Å². The fourth-order valence-corrected chi connectivity index (χ4v) is 2.53. The summed E-state index contributed by atoms with van der Waals surface area (Å²) in [5.74, 6) is 1.74. The second kappa shape index (κ2) is 6.74. The first-order chi connectivity index (χ1) is 8.82. The van der Waals surface area contributed by atoms with E-state index < -0.39 is 0 Å². The van der Waals surface area contributed by atoms with Gasteiger partial charge in [-0.15, -0.1) is 0 Å². The van der Waals surface area contributed by atoms with E-state index in [1.807, 2.05) is 32.0 Å². The molecule has 1 rings (SSSR count). The smallest absolute Gasteiger partial charge is 0.251 e. The largest absolute Gasteiger partial charge is 0.352 e. The highest BCUT2D eigenvalue weighted by molar-refractivity contribution is 5.95. The first-order valence-corrected chi connectivity index (χ1v) is 7.18. The minimum Gasteiger partial charge on any atom is -0.352 e. The zero-order valence-corrected chi connectivity index (χ0v) is 13.1. The summed E-state index contributed by atoms with van der Waals surface area (Å²) in [5.41, 5.74) is 2.96. The molecule has 0 aliphatic carbocycles. The lowest BCUT2D eigenvalue weighted by Gasteiger charge is -2.25. The molecule has 106 valence electrons. The van der Waals surface area contributed by atoms with E-state index in [0.717, 1.165) is 23.2 Å². The fourth-order valence-electron chi connectivity index (χ4n) is 2.53. The maximum Gasteiger partial charge on any atom is 0.251 e. The van der Waals surface area contributed by atoms with Crippen molar-refractivity contribution in [2.75, 3.05) is 6.54 Å². The van der Waals surface area contributed by atoms with Crippen molar-refractivity contribution in [2.45, 2.75) is 41.5 Å². The molecule has 2 heteroatoms. The van der Waals surface area contributed by atoms with Crippen LogP contribution in [0, 0.1) is 31.6 Å². The van der Waals surface area contributed by atoms with Crippen LogP contribution in [-0.4, -0.2) is 12.5 Å². The van der Waals surface area contributed by atoms with Crippen LogP contribution in [-0.2, 0) is 0 Å². The van der Waals surface area contributed by atoms with E-state index in [0.29, 0.717) is 17.8 Å². The Kier molecular flexibility index (Phi) is 5.59. The lowest BCUT2D eigenvalue weighted by molar-refractivity contribution is 0.0936. The Labute approximate surface area is 117 Å². The number of carbonyl (C=O) groups excluding carboxylic acids is 1. The van der Waals surface area contributed by atoms with Crippen LogP contribution < -0.4 is 5.32 Å². The molecular weight excluding hydrogens is 234 g/mol. The van der Waals surface area contributed by atoms with Gasteiger partial charge >= 0.3 is 0 Å². The number of hydrogen-bond acceptors (Lipinski definition) is 1. The second-order valence-electron chi connectivity index (χ2n) is 6.18. The van der Waals surface area contributed by atoms with Crippen LogP contribution in [0.4, 0.5) is 0 Å². The van der Waals surface area contributed by atoms with Crippen LogP contribution >= 0.6 is 0 Å². The van der Waals surface area contributed by atoms with Crippen LogP contribution in [0.5, 0.6) is 0 Å². The predicted molar refractivity (Wildman–Crippen MR) is 81.4 cm³/mol. The van der Waals surface area contributed by atoms with Gasteiger partial charge in [-0.2, -0.15) is 0 Å². The molecule has 0 spiro atoms. The molecule has 0 saturated heterocycles. The van der Waals surface area contributed by atoms with Gasteiger partial charge in [0.2, 0.25) is 0 Å². The number of amides is 1. The van der Waals surface area contributed by atoms with Crippen LogP contribution in [0.2, 0.25) is 0 Å². The van der Waals surface area contributed by atoms with Gasteiger partial charge in [0, 0.05) is 12.1 Å². The minimum atomic E-state index is 0.0486. The van der Waals surface area contributed by atoms with E-state index >= 15 is 0 Å². The minimum absolute atomic E-state index is 0.0486. The van der Waals surface area contributed by atoms with Gasteiger partial charge < -0.3 is 5.32 Å². The van der Waals surface area contributed by atoms with Crippen LogP contribution in [0.15, 0.2) is 18.2 Å². The molecule has 0 heterocycles. The van der Waals surface area contributed by atoms with E-state index in [4.69, 9.17) is 0 Å². The van der Waals surface area contributed by atoms with E-state index in [1.165, 1.54) is 0 Å². The zero-order chi connectivity index (χ0) is 14.6. The first-order valence-electron chi connectivity index (χ1n) is 7.18. The summed E-state index contributed by atoms with van der Waals surface area (Å²) in [7, 11) is 0. The third kappa shape index (κ3) is 4.38. The molecule has 0 fully saturated rings. The van der Waals surface area contributed by atoms with Gasteiger partial charge in [0.05, 0.1) is 0 Å². The maximum absolute atomic E-state index is 12.3. The van der Waals surface area contributed by atoms with Crippen molar-refractivity contribution in [3.63, 3.8) is 0 Å². The third-order valence-electron chi connectivity index (χ3n) is 3.85. The van der Waals surface area contributed by atoms with E-state index in [2.05, 4.69) is 33.0 Å². The zero-order valence-electron chi connectivity index (χ0n) is 13.1. The quantitative estimate of drug-likeness (QED) is 0.854. The molecular formula is C17H27NO. The number of carbonyl (C=O) groups is 1. The molecule has 2 nitrogen and oxygen atoms in total. The molecule has 0 atom stereocenters. The number of hydrogen-bond donors (Lipinski definition) is 1. The average molecular weight is 261 g/mol. The van der Waals surface area contributed by atoms with Gasteiger partial charge in [0.1, 0.15) is 0 Å². The molecule has 0 unspecified atom stereocenters. The van der Waals surface area contributed by atoms with Gasteiger partial charge in [-0.1, -0.05) is 45.4 Å². The fraction of sp³-hybridized carbons (Fsp3) is 0.588. The van der Waals surface area contributed by atoms with E-state index in [-0.39, 0.29) is 5.91 Å². The van der Waals surface area contributed by atoms with Crippen molar-refractivity contribution in [2.24, 2.45) is 17.8 Å². The summed E-state index contributed by atoms with van der Waals surface area (Å²) in [6, 6.07) is 6.01. The number of nitrogens with one attached hydrogen (secondary N) is 1. The summed E-state index contributed by atoms with van der Waals surface area (Å²) in [6.07, 6.45) is 0. The molecule has 1 amide bonds. The van der Waals surface area contributed by atoms with Gasteiger partial charge in [0.25, 0.3) is 5.91 Å².